The number of imidazole rings is 1. The number of nitrogens with one attached hydrogen (secondary N) is 1. The summed E-state index contributed by atoms with van der Waals surface area (Å²) in [6.07, 6.45) is 25.1. The summed E-state index contributed by atoms with van der Waals surface area (Å²) in [4.78, 5) is 38.1. The van der Waals surface area contributed by atoms with Crippen LogP contribution in [0.5, 0.6) is 11.5 Å². The third-order valence-corrected chi connectivity index (χ3v) is 11.1. The Morgan fingerprint density at radius 3 is 2.21 bits per heavy atom. The number of carbonyl (C=O) groups excluding carboxylic acids is 2. The number of aromatic nitrogens is 4. The number of ether oxygens (including phenoxy) is 3. The Morgan fingerprint density at radius 1 is 0.857 bits per heavy atom. The molecule has 1 aromatic carbocycles. The first-order valence-electron chi connectivity index (χ1n) is 20.8. The van der Waals surface area contributed by atoms with Gasteiger partial charge < -0.3 is 29.0 Å². The number of benzene rings is 1. The molecule has 3 rings (SSSR count). The van der Waals surface area contributed by atoms with E-state index >= 15 is 0 Å². The average Bonchev–Trinajstić information content (AvgIpc) is 3.57. The molecule has 0 saturated carbocycles. The van der Waals surface area contributed by atoms with E-state index in [0.717, 1.165) is 44.9 Å². The summed E-state index contributed by atoms with van der Waals surface area (Å²) in [7, 11) is -3.90. The maximum absolute atomic E-state index is 14.3. The molecule has 2 aromatic heterocycles. The molecule has 312 valence electrons. The first-order valence-corrected chi connectivity index (χ1v) is 22.6. The second-order valence-electron chi connectivity index (χ2n) is 14.7. The Balaban J connectivity index is 1.47. The summed E-state index contributed by atoms with van der Waals surface area (Å²) in [5, 5.41) is 2.84. The van der Waals surface area contributed by atoms with Crippen molar-refractivity contribution in [2.24, 2.45) is 0 Å². The second kappa shape index (κ2) is 26.2. The number of allylic oxidation sites excluding steroid dienone is 2. The largest absolute Gasteiger partial charge is 0.462 e. The number of nitrogens with two attached hydrogens (primary N) is 1. The highest BCUT2D eigenvalue weighted by Gasteiger charge is 2.32. The lowest BCUT2D eigenvalue weighted by atomic mass is 10.1. The highest BCUT2D eigenvalue weighted by atomic mass is 31.2. The van der Waals surface area contributed by atoms with Gasteiger partial charge in [-0.2, -0.15) is 0 Å². The van der Waals surface area contributed by atoms with Crippen LogP contribution < -0.4 is 20.1 Å². The van der Waals surface area contributed by atoms with Crippen LogP contribution in [-0.4, -0.2) is 56.1 Å². The first kappa shape index (κ1) is 46.6. The molecule has 2 heterocycles. The number of hydrogen-bond donors (Lipinski definition) is 2. The van der Waals surface area contributed by atoms with Gasteiger partial charge in [-0.15, -0.1) is 0 Å². The molecule has 56 heavy (non-hydrogen) atoms. The Kier molecular flexibility index (Phi) is 21.8. The van der Waals surface area contributed by atoms with Crippen molar-refractivity contribution in [3.8, 4) is 11.5 Å². The van der Waals surface area contributed by atoms with Crippen LogP contribution in [0.25, 0.3) is 11.2 Å². The summed E-state index contributed by atoms with van der Waals surface area (Å²) in [5.41, 5.74) is 6.95. The molecule has 0 radical (unpaired) electrons. The van der Waals surface area contributed by atoms with E-state index in [-0.39, 0.29) is 35.7 Å². The predicted octanol–water partition coefficient (Wildman–Crippen LogP) is 10.1. The second-order valence-corrected chi connectivity index (χ2v) is 16.8. The molecule has 0 amide bonds. The van der Waals surface area contributed by atoms with Crippen LogP contribution in [0.1, 0.15) is 144 Å². The third kappa shape index (κ3) is 18.0. The number of unbranched alkanes of at least 4 members (excludes halogenated alkanes) is 12. The van der Waals surface area contributed by atoms with E-state index in [0.29, 0.717) is 30.6 Å². The van der Waals surface area contributed by atoms with E-state index < -0.39 is 25.6 Å². The molecule has 14 heteroatoms. The van der Waals surface area contributed by atoms with Gasteiger partial charge in [-0.1, -0.05) is 96.3 Å². The van der Waals surface area contributed by atoms with E-state index in [1.807, 2.05) is 20.8 Å². The van der Waals surface area contributed by atoms with Crippen molar-refractivity contribution in [1.82, 2.24) is 24.6 Å². The van der Waals surface area contributed by atoms with Crippen LogP contribution in [0.3, 0.4) is 0 Å². The maximum Gasteiger partial charge on any atom is 0.342 e. The van der Waals surface area contributed by atoms with Crippen molar-refractivity contribution in [1.29, 1.82) is 0 Å². The number of anilines is 1. The van der Waals surface area contributed by atoms with Gasteiger partial charge in [-0.05, 0) is 71.4 Å². The van der Waals surface area contributed by atoms with E-state index in [9.17, 15) is 14.2 Å². The van der Waals surface area contributed by atoms with Gasteiger partial charge >= 0.3 is 19.5 Å². The minimum absolute atomic E-state index is 0.187. The highest BCUT2D eigenvalue weighted by molar-refractivity contribution is 7.57. The molecule has 0 fully saturated rings. The van der Waals surface area contributed by atoms with E-state index in [2.05, 4.69) is 39.1 Å². The van der Waals surface area contributed by atoms with Crippen LogP contribution in [0.4, 0.5) is 5.82 Å². The van der Waals surface area contributed by atoms with Gasteiger partial charge in [0.1, 0.15) is 35.7 Å². The highest BCUT2D eigenvalue weighted by Crippen LogP contribution is 2.45. The van der Waals surface area contributed by atoms with Gasteiger partial charge in [-0.3, -0.25) is 14.2 Å². The Bertz CT molecular complexity index is 1670. The van der Waals surface area contributed by atoms with Crippen molar-refractivity contribution in [3.63, 3.8) is 0 Å². The molecule has 0 aliphatic rings. The van der Waals surface area contributed by atoms with Crippen LogP contribution in [0.15, 0.2) is 49.1 Å². The molecule has 3 N–H and O–H groups in total. The van der Waals surface area contributed by atoms with Gasteiger partial charge in [0.15, 0.2) is 11.5 Å². The molecule has 1 unspecified atom stereocenters. The summed E-state index contributed by atoms with van der Waals surface area (Å²) in [6.45, 7) is 9.77. The summed E-state index contributed by atoms with van der Waals surface area (Å²) >= 11 is 0. The topological polar surface area (TPSA) is 170 Å². The van der Waals surface area contributed by atoms with Gasteiger partial charge in [0.2, 0.25) is 0 Å². The molecule has 13 nitrogen and oxygen atoms in total. The third-order valence-electron chi connectivity index (χ3n) is 9.35. The molecule has 0 saturated heterocycles. The summed E-state index contributed by atoms with van der Waals surface area (Å²) in [5.74, 6) is -0.175. The molecule has 0 bridgehead atoms. The first-order chi connectivity index (χ1) is 27.0. The smallest absolute Gasteiger partial charge is 0.342 e. The zero-order valence-electron chi connectivity index (χ0n) is 34.5. The molecular weight excluding hydrogens is 731 g/mol. The minimum Gasteiger partial charge on any atom is -0.462 e. The quantitative estimate of drug-likeness (QED) is 0.0215. The van der Waals surface area contributed by atoms with Crippen LogP contribution >= 0.6 is 7.52 Å². The number of fused-ring (bicyclic) bond motifs is 1. The number of nitrogen functional groups attached to an aromatic ring is 1. The van der Waals surface area contributed by atoms with Gasteiger partial charge in [0.05, 0.1) is 25.1 Å². The average molecular weight is 799 g/mol. The number of esters is 2. The van der Waals surface area contributed by atoms with Crippen molar-refractivity contribution >= 4 is 36.4 Å². The Hall–Kier alpha value is -3.80. The van der Waals surface area contributed by atoms with Crippen molar-refractivity contribution < 1.29 is 32.9 Å². The Labute approximate surface area is 334 Å². The van der Waals surface area contributed by atoms with Crippen molar-refractivity contribution in [2.45, 2.75) is 169 Å². The standard InChI is InChI=1S/C42H67N6O7P/c1-6-8-9-10-11-12-13-14-15-16-17-18-19-20-21-22-27-38(49)54-36-25-23-26-37(28-36)55-56(51,47-35(5)42(50)53-33(3)24-7-2)32-52-34(4)29-48-31-46-39-40(43)44-30-45-41(39)48/h15-16,23,25-26,28,30-31,33-35H,6-14,17-22,24,27,29,32H2,1-5H3,(H,47,51)(H2,43,44,45)/b16-15-/t33-,34+,35-,56?/m0/s1. The van der Waals surface area contributed by atoms with E-state index in [1.165, 1.54) is 63.8 Å². The summed E-state index contributed by atoms with van der Waals surface area (Å²) in [6, 6.07) is 5.44. The predicted molar refractivity (Wildman–Crippen MR) is 223 cm³/mol. The zero-order chi connectivity index (χ0) is 40.6. The lowest BCUT2D eigenvalue weighted by Gasteiger charge is -2.26. The Morgan fingerprint density at radius 2 is 1.52 bits per heavy atom. The van der Waals surface area contributed by atoms with E-state index in [1.54, 1.807) is 36.0 Å². The van der Waals surface area contributed by atoms with E-state index in [4.69, 9.17) is 24.5 Å². The summed E-state index contributed by atoms with van der Waals surface area (Å²) < 4.78 is 39.3. The SMILES string of the molecule is CCCCCCCCC/C=C\CCCCCCCC(=O)Oc1cccc(OP(=O)(CO[C@H](C)Cn2cnc3c(N)ncnc32)N[C@@H](C)C(=O)O[C@@H](C)CCC)c1. The van der Waals surface area contributed by atoms with Crippen LogP contribution in [-0.2, 0) is 30.2 Å². The fraction of sp³-hybridized carbons (Fsp3) is 0.643. The number of rotatable bonds is 30. The molecule has 0 spiro atoms. The van der Waals surface area contributed by atoms with Crippen LogP contribution in [0, 0.1) is 0 Å². The lowest BCUT2D eigenvalue weighted by molar-refractivity contribution is -0.150. The van der Waals surface area contributed by atoms with Crippen molar-refractivity contribution in [2.75, 3.05) is 12.1 Å². The molecule has 0 aliphatic heterocycles. The maximum atomic E-state index is 14.3. The minimum atomic E-state index is -3.90. The van der Waals surface area contributed by atoms with Crippen molar-refractivity contribution in [3.05, 3.63) is 49.1 Å². The van der Waals surface area contributed by atoms with Crippen LogP contribution in [0.2, 0.25) is 0 Å². The number of carbonyl (C=O) groups is 2. The molecular formula is C42H67N6O7P. The number of nitrogens with zero attached hydrogens (tertiary/aromatic N) is 4. The fourth-order valence-electron chi connectivity index (χ4n) is 6.26. The fourth-order valence-corrected chi connectivity index (χ4v) is 8.04. The molecule has 3 aromatic rings. The van der Waals surface area contributed by atoms with Gasteiger partial charge in [0.25, 0.3) is 0 Å². The monoisotopic (exact) mass is 798 g/mol. The normalized spacial score (nSPS) is 14.4. The number of hydrogen-bond acceptors (Lipinski definition) is 11. The molecule has 0 aliphatic carbocycles. The zero-order valence-corrected chi connectivity index (χ0v) is 35.4. The van der Waals surface area contributed by atoms with Gasteiger partial charge in [0, 0.05) is 12.5 Å². The van der Waals surface area contributed by atoms with Gasteiger partial charge in [-0.25, -0.2) is 20.0 Å². The lowest BCUT2D eigenvalue weighted by Crippen LogP contribution is -2.37. The molecule has 4 atom stereocenters.